The number of nitrogens with two attached hydrogens (primary N) is 1. The highest BCUT2D eigenvalue weighted by atomic mass is 32.2. The molecule has 0 spiro atoms. The van der Waals surface area contributed by atoms with E-state index >= 15 is 0 Å². The molecule has 48 heavy (non-hydrogen) atoms. The number of thioether (sulfide) groups is 1. The largest absolute Gasteiger partial charge is 0.478 e. The van der Waals surface area contributed by atoms with Crippen LogP contribution in [0.3, 0.4) is 0 Å². The maximum Gasteiger partial charge on any atom is 0.352 e. The summed E-state index contributed by atoms with van der Waals surface area (Å²) in [5.74, 6) is -5.02. The van der Waals surface area contributed by atoms with Crippen molar-refractivity contribution in [2.75, 3.05) is 29.5 Å². The minimum Gasteiger partial charge on any atom is -0.478 e. The second kappa shape index (κ2) is 13.5. The number of benzene rings is 1. The van der Waals surface area contributed by atoms with Crippen molar-refractivity contribution in [3.05, 3.63) is 63.8 Å². The van der Waals surface area contributed by atoms with Gasteiger partial charge in [0, 0.05) is 28.9 Å². The van der Waals surface area contributed by atoms with E-state index in [9.17, 15) is 33.9 Å². The lowest BCUT2D eigenvalue weighted by atomic mass is 10.0. The summed E-state index contributed by atoms with van der Waals surface area (Å²) in [7, 11) is 0. The lowest BCUT2D eigenvalue weighted by molar-refractivity contribution is -0.160. The second-order valence-corrected chi connectivity index (χ2v) is 13.6. The fourth-order valence-electron chi connectivity index (χ4n) is 5.07. The van der Waals surface area contributed by atoms with Crippen molar-refractivity contribution in [2.45, 2.75) is 44.2 Å². The number of anilines is 2. The van der Waals surface area contributed by atoms with E-state index < -0.39 is 53.3 Å². The highest BCUT2D eigenvalue weighted by Gasteiger charge is 2.54. The van der Waals surface area contributed by atoms with Gasteiger partial charge >= 0.3 is 17.9 Å². The van der Waals surface area contributed by atoms with Crippen molar-refractivity contribution < 1.29 is 48.6 Å². The average molecular weight is 699 g/mol. The highest BCUT2D eigenvalue weighted by Crippen LogP contribution is 2.41. The van der Waals surface area contributed by atoms with Crippen LogP contribution in [0.25, 0.3) is 0 Å². The van der Waals surface area contributed by atoms with Gasteiger partial charge in [-0.1, -0.05) is 5.16 Å². The van der Waals surface area contributed by atoms with Gasteiger partial charge in [0.25, 0.3) is 17.7 Å². The monoisotopic (exact) mass is 698 g/mol. The normalized spacial score (nSPS) is 20.4. The van der Waals surface area contributed by atoms with E-state index in [1.165, 1.54) is 52.4 Å². The van der Waals surface area contributed by atoms with Crippen LogP contribution in [0.4, 0.5) is 10.8 Å². The Balaban J connectivity index is 1.31. The van der Waals surface area contributed by atoms with Gasteiger partial charge in [0.15, 0.2) is 10.8 Å². The van der Waals surface area contributed by atoms with Gasteiger partial charge in [-0.3, -0.25) is 19.3 Å². The van der Waals surface area contributed by atoms with Gasteiger partial charge in [0.05, 0.1) is 5.56 Å². The van der Waals surface area contributed by atoms with Crippen LogP contribution in [0.1, 0.15) is 43.2 Å². The Kier molecular flexibility index (Phi) is 9.58. The molecule has 2 atom stereocenters. The molecule has 0 bridgehead atoms. The molecule has 0 unspecified atom stereocenters. The Labute approximate surface area is 281 Å². The van der Waals surface area contributed by atoms with Gasteiger partial charge in [-0.2, -0.15) is 0 Å². The van der Waals surface area contributed by atoms with E-state index in [-0.39, 0.29) is 45.0 Å². The standard InChI is InChI=1S/C30H30N6O10S2/c1-30(2,3)46-19(37)11-45-34-20(18-13-48-29(31)32-18)23(38)33-21-25(40)36-22(28(43)44)16(12-47-26(21)36)10-15-8-9-35(24(15)39)17-6-4-14(5-7-17)27(41)42/h4-7,10,13,21,26H,8-9,11-12H2,1-3H3,(H2,31,32)(H,33,38)(H,41,42)(H,43,44)/t21-,26-/m1/s1. The first-order chi connectivity index (χ1) is 22.6. The molecule has 2 saturated heterocycles. The van der Waals surface area contributed by atoms with Crippen LogP contribution >= 0.6 is 23.1 Å². The third kappa shape index (κ3) is 7.18. The number of carboxylic acid groups (broad SMARTS) is 2. The fraction of sp³-hybridized carbons (Fsp3) is 0.333. The molecule has 0 radical (unpaired) electrons. The van der Waals surface area contributed by atoms with E-state index in [2.05, 4.69) is 15.5 Å². The molecule has 3 aliphatic rings. The molecular weight excluding hydrogens is 668 g/mol. The molecule has 3 amide bonds. The highest BCUT2D eigenvalue weighted by molar-refractivity contribution is 8.00. The first-order valence-corrected chi connectivity index (χ1v) is 16.3. The number of esters is 1. The number of nitrogens with zero attached hydrogens (tertiary/aromatic N) is 4. The Morgan fingerprint density at radius 1 is 1.15 bits per heavy atom. The number of carbonyl (C=O) groups excluding carboxylic acids is 4. The summed E-state index contributed by atoms with van der Waals surface area (Å²) in [5, 5.41) is 26.3. The zero-order valence-corrected chi connectivity index (χ0v) is 27.4. The first kappa shape index (κ1) is 34.1. The average Bonchev–Trinajstić information content (AvgIpc) is 3.61. The molecule has 0 aliphatic carbocycles. The number of allylic oxidation sites excluding steroid dienone is 1. The lowest BCUT2D eigenvalue weighted by Crippen LogP contribution is -2.71. The molecule has 252 valence electrons. The summed E-state index contributed by atoms with van der Waals surface area (Å²) in [6.45, 7) is 4.71. The van der Waals surface area contributed by atoms with Crippen LogP contribution in [0, 0.1) is 0 Å². The SMILES string of the molecule is CC(C)(C)OC(=O)CON=C(C(=O)N[C@@H]1C(=O)N2C(C(=O)O)=C(C=C3CCN(c4ccc(C(=O)O)cc4)C3=O)CS[C@H]12)c1csc(N)n1. The van der Waals surface area contributed by atoms with E-state index in [0.717, 1.165) is 16.2 Å². The van der Waals surface area contributed by atoms with E-state index in [1.807, 2.05) is 0 Å². The van der Waals surface area contributed by atoms with Gasteiger partial charge < -0.3 is 35.7 Å². The third-order valence-corrected chi connectivity index (χ3v) is 9.10. The maximum atomic E-state index is 13.3. The zero-order valence-electron chi connectivity index (χ0n) is 25.8. The van der Waals surface area contributed by atoms with Crippen LogP contribution in [-0.2, 0) is 33.5 Å². The fourth-order valence-corrected chi connectivity index (χ4v) is 6.93. The van der Waals surface area contributed by atoms with Gasteiger partial charge in [-0.25, -0.2) is 19.4 Å². The van der Waals surface area contributed by atoms with Gasteiger partial charge in [-0.05, 0) is 63.1 Å². The molecule has 1 aromatic heterocycles. The molecule has 0 saturated carbocycles. The van der Waals surface area contributed by atoms with Gasteiger partial charge in [0.2, 0.25) is 6.61 Å². The number of ether oxygens (including phenoxy) is 1. The molecule has 16 nitrogen and oxygen atoms in total. The first-order valence-electron chi connectivity index (χ1n) is 14.4. The number of oxime groups is 1. The summed E-state index contributed by atoms with van der Waals surface area (Å²) in [6, 6.07) is 4.69. The second-order valence-electron chi connectivity index (χ2n) is 11.6. The Morgan fingerprint density at radius 2 is 1.85 bits per heavy atom. The van der Waals surface area contributed by atoms with E-state index in [1.54, 1.807) is 20.8 Å². The summed E-state index contributed by atoms with van der Waals surface area (Å²) < 4.78 is 5.16. The number of hydrogen-bond donors (Lipinski definition) is 4. The molecule has 3 aliphatic heterocycles. The number of carbonyl (C=O) groups is 6. The minimum atomic E-state index is -1.38. The van der Waals surface area contributed by atoms with E-state index in [0.29, 0.717) is 24.2 Å². The van der Waals surface area contributed by atoms with Crippen molar-refractivity contribution in [3.63, 3.8) is 0 Å². The van der Waals surface area contributed by atoms with Crippen molar-refractivity contribution >= 4 is 75.3 Å². The van der Waals surface area contributed by atoms with Crippen molar-refractivity contribution in [2.24, 2.45) is 5.16 Å². The molecule has 1 aromatic carbocycles. The number of hydrogen-bond acceptors (Lipinski definition) is 13. The summed E-state index contributed by atoms with van der Waals surface area (Å²) in [5.41, 5.74) is 5.47. The number of aromatic nitrogens is 1. The number of nitrogen functional groups attached to an aromatic ring is 1. The van der Waals surface area contributed by atoms with Crippen LogP contribution in [-0.4, -0.2) is 97.4 Å². The van der Waals surface area contributed by atoms with Crippen LogP contribution in [0.5, 0.6) is 0 Å². The number of amides is 3. The smallest absolute Gasteiger partial charge is 0.352 e. The van der Waals surface area contributed by atoms with Crippen LogP contribution in [0.15, 0.2) is 57.7 Å². The van der Waals surface area contributed by atoms with Crippen molar-refractivity contribution in [3.8, 4) is 0 Å². The molecular formula is C30H30N6O10S2. The number of β-lactam (4-membered cyclic amide) rings is 1. The Bertz CT molecular complexity index is 1790. The molecule has 2 fully saturated rings. The van der Waals surface area contributed by atoms with Crippen LogP contribution in [0.2, 0.25) is 0 Å². The molecule has 18 heteroatoms. The predicted octanol–water partition coefficient (Wildman–Crippen LogP) is 1.59. The lowest BCUT2D eigenvalue weighted by Gasteiger charge is -2.49. The summed E-state index contributed by atoms with van der Waals surface area (Å²) in [6.07, 6.45) is 1.77. The topological polar surface area (TPSA) is 231 Å². The van der Waals surface area contributed by atoms with Crippen molar-refractivity contribution in [1.29, 1.82) is 0 Å². The number of fused-ring (bicyclic) bond motifs is 1. The molecule has 5 rings (SSSR count). The van der Waals surface area contributed by atoms with Crippen LogP contribution < -0.4 is 16.0 Å². The zero-order chi connectivity index (χ0) is 34.9. The minimum absolute atomic E-state index is 0.0345. The summed E-state index contributed by atoms with van der Waals surface area (Å²) >= 11 is 2.23. The number of rotatable bonds is 10. The van der Waals surface area contributed by atoms with Crippen molar-refractivity contribution in [1.82, 2.24) is 15.2 Å². The number of aromatic carboxylic acids is 1. The predicted molar refractivity (Wildman–Crippen MR) is 173 cm³/mol. The van der Waals surface area contributed by atoms with E-state index in [4.69, 9.17) is 20.4 Å². The molecule has 5 N–H and O–H groups in total. The summed E-state index contributed by atoms with van der Waals surface area (Å²) in [4.78, 5) is 87.1. The quantitative estimate of drug-likeness (QED) is 0.0909. The van der Waals surface area contributed by atoms with Gasteiger partial charge in [0.1, 0.15) is 28.4 Å². The Morgan fingerprint density at radius 3 is 2.46 bits per heavy atom. The number of aliphatic carboxylic acids is 1. The number of carboxylic acids is 2. The Hall–Kier alpha value is -5.23. The molecule has 2 aromatic rings. The number of nitrogens with one attached hydrogen (secondary N) is 1. The number of thiazole rings is 1. The maximum absolute atomic E-state index is 13.3. The third-order valence-electron chi connectivity index (χ3n) is 7.12. The van der Waals surface area contributed by atoms with Gasteiger partial charge in [-0.15, -0.1) is 23.1 Å². The molecule has 4 heterocycles.